The van der Waals surface area contributed by atoms with E-state index < -0.39 is 23.2 Å². The molecule has 1 atom stereocenters. The molecule has 1 aromatic rings. The van der Waals surface area contributed by atoms with E-state index in [2.05, 4.69) is 95.1 Å². The van der Waals surface area contributed by atoms with Gasteiger partial charge in [0, 0.05) is 0 Å². The third-order valence-corrected chi connectivity index (χ3v) is 10.4. The summed E-state index contributed by atoms with van der Waals surface area (Å²) in [4.78, 5) is 2.52. The number of benzene rings is 1. The van der Waals surface area contributed by atoms with Crippen molar-refractivity contribution in [1.29, 1.82) is 0 Å². The molecule has 2 aliphatic carbocycles. The van der Waals surface area contributed by atoms with Crippen molar-refractivity contribution in [1.82, 2.24) is 0 Å². The van der Waals surface area contributed by atoms with Crippen molar-refractivity contribution in [3.8, 4) is 0 Å². The van der Waals surface area contributed by atoms with Crippen LogP contribution >= 0.6 is 22.6 Å². The Hall–Kier alpha value is -0.0869. The van der Waals surface area contributed by atoms with Crippen LogP contribution in [0.5, 0.6) is 0 Å². The van der Waals surface area contributed by atoms with Gasteiger partial charge in [-0.15, -0.1) is 0 Å². The van der Waals surface area contributed by atoms with Gasteiger partial charge in [-0.1, -0.05) is 0 Å². The monoisotopic (exact) mass is 545 g/mol. The fourth-order valence-electron chi connectivity index (χ4n) is 3.13. The van der Waals surface area contributed by atoms with Crippen LogP contribution in [-0.2, 0) is 23.2 Å². The first kappa shape index (κ1) is 20.2. The van der Waals surface area contributed by atoms with Crippen LogP contribution in [0.4, 0.5) is 5.69 Å². The Labute approximate surface area is 181 Å². The molecular weight excluding hydrogens is 531 g/mol. The summed E-state index contributed by atoms with van der Waals surface area (Å²) in [6.07, 6.45) is 12.8. The number of allylic oxidation sites excluding steroid dienone is 7. The normalized spacial score (nSPS) is 20.7. The van der Waals surface area contributed by atoms with Gasteiger partial charge in [-0.2, -0.15) is 0 Å². The molecule has 5 heteroatoms. The fraction of sp³-hybridized carbons (Fsp3) is 0.158. The molecule has 0 saturated heterocycles. The Morgan fingerprint density at radius 3 is 2.54 bits per heavy atom. The van der Waals surface area contributed by atoms with Gasteiger partial charge in [0.05, 0.1) is 0 Å². The Bertz CT molecular complexity index is 778. The summed E-state index contributed by atoms with van der Waals surface area (Å²) in [5.41, 5.74) is 5.61. The van der Waals surface area contributed by atoms with E-state index in [1.165, 1.54) is 29.0 Å². The van der Waals surface area contributed by atoms with Crippen LogP contribution in [-0.4, -0.2) is 4.05 Å². The molecular formula is C19H16Cl2INZr. The molecule has 122 valence electrons. The number of alkyl halides is 1. The summed E-state index contributed by atoms with van der Waals surface area (Å²) in [5, 5.41) is 0. The van der Waals surface area contributed by atoms with Gasteiger partial charge in [0.2, 0.25) is 0 Å². The van der Waals surface area contributed by atoms with Crippen LogP contribution in [0.3, 0.4) is 0 Å². The minimum Gasteiger partial charge on any atom is -1.00 e. The molecule has 0 bridgehead atoms. The van der Waals surface area contributed by atoms with E-state index in [0.717, 1.165) is 0 Å². The summed E-state index contributed by atoms with van der Waals surface area (Å²) >= 11 is 1.96. The van der Waals surface area contributed by atoms with E-state index in [4.69, 9.17) is 0 Å². The van der Waals surface area contributed by atoms with Crippen LogP contribution in [0.15, 0.2) is 84.1 Å². The van der Waals surface area contributed by atoms with Crippen LogP contribution in [0, 0.1) is 0 Å². The second-order valence-electron chi connectivity index (χ2n) is 5.74. The minimum absolute atomic E-state index is 0. The van der Waals surface area contributed by atoms with Gasteiger partial charge in [-0.25, -0.2) is 0 Å². The van der Waals surface area contributed by atoms with E-state index >= 15 is 0 Å². The summed E-state index contributed by atoms with van der Waals surface area (Å²) in [7, 11) is 0. The van der Waals surface area contributed by atoms with Gasteiger partial charge in [-0.3, -0.25) is 0 Å². The molecule has 0 fully saturated rings. The number of halogens is 3. The van der Waals surface area contributed by atoms with Gasteiger partial charge in [0.15, 0.2) is 0 Å². The third kappa shape index (κ3) is 3.70. The van der Waals surface area contributed by atoms with Crippen molar-refractivity contribution in [2.45, 2.75) is 17.4 Å². The van der Waals surface area contributed by atoms with Crippen molar-refractivity contribution in [3.05, 3.63) is 84.1 Å². The molecule has 0 spiro atoms. The zero-order valence-electron chi connectivity index (χ0n) is 13.1. The molecule has 0 N–H and O–H groups in total. The summed E-state index contributed by atoms with van der Waals surface area (Å²) in [6.45, 7) is 2.21. The predicted octanol–water partition coefficient (Wildman–Crippen LogP) is -0.700. The molecule has 1 aromatic carbocycles. The second-order valence-corrected chi connectivity index (χ2v) is 10.4. The summed E-state index contributed by atoms with van der Waals surface area (Å²) < 4.78 is 3.88. The van der Waals surface area contributed by atoms with E-state index in [0.29, 0.717) is 4.05 Å². The number of rotatable bonds is 3. The molecule has 1 nitrogen and oxygen atoms in total. The first-order chi connectivity index (χ1) is 10.7. The van der Waals surface area contributed by atoms with Crippen LogP contribution < -0.4 is 29.7 Å². The van der Waals surface area contributed by atoms with E-state index in [-0.39, 0.29) is 24.8 Å². The molecule has 1 heterocycles. The van der Waals surface area contributed by atoms with E-state index in [1.807, 2.05) is 0 Å². The fourth-order valence-corrected chi connectivity index (χ4v) is 8.27. The molecule has 0 amide bonds. The Balaban J connectivity index is 0.00000104. The summed E-state index contributed by atoms with van der Waals surface area (Å²) in [6, 6.07) is 10.8. The van der Waals surface area contributed by atoms with Gasteiger partial charge in [0.25, 0.3) is 0 Å². The molecule has 4 rings (SSSR count). The zero-order chi connectivity index (χ0) is 15.1. The van der Waals surface area contributed by atoms with Crippen molar-refractivity contribution in [3.63, 3.8) is 0 Å². The van der Waals surface area contributed by atoms with Gasteiger partial charge in [-0.05, 0) is 0 Å². The first-order valence-corrected chi connectivity index (χ1v) is 11.2. The number of nitrogens with zero attached hydrogens (tertiary/aromatic N) is 1. The molecule has 24 heavy (non-hydrogen) atoms. The average Bonchev–Trinajstić information content (AvgIpc) is 3.20. The average molecular weight is 547 g/mol. The Kier molecular flexibility index (Phi) is 7.19. The third-order valence-electron chi connectivity index (χ3n) is 4.13. The molecule has 1 unspecified atom stereocenters. The largest absolute Gasteiger partial charge is 1.00 e. The number of para-hydroxylation sites is 1. The minimum atomic E-state index is -0.670. The van der Waals surface area contributed by atoms with Crippen LogP contribution in [0.25, 0.3) is 0 Å². The molecule has 0 radical (unpaired) electrons. The van der Waals surface area contributed by atoms with Crippen molar-refractivity contribution in [2.24, 2.45) is 0 Å². The second kappa shape index (κ2) is 8.53. The SMILES string of the molecule is CC1=CC2=[C]([Zr+2][C]3=CC=CC3)C(I)N(c3ccccc3)C2=C1.[Cl-].[Cl-]. The molecule has 3 aliphatic rings. The van der Waals surface area contributed by atoms with Gasteiger partial charge < -0.3 is 24.8 Å². The summed E-state index contributed by atoms with van der Waals surface area (Å²) in [5.74, 6) is 0. The van der Waals surface area contributed by atoms with Gasteiger partial charge in [0.1, 0.15) is 0 Å². The number of fused-ring (bicyclic) bond motifs is 1. The van der Waals surface area contributed by atoms with Crippen LogP contribution in [0.2, 0.25) is 0 Å². The van der Waals surface area contributed by atoms with Gasteiger partial charge >= 0.3 is 158 Å². The van der Waals surface area contributed by atoms with E-state index in [1.54, 1.807) is 6.56 Å². The Morgan fingerprint density at radius 1 is 1.12 bits per heavy atom. The smallest absolute Gasteiger partial charge is 1.00 e. The quantitative estimate of drug-likeness (QED) is 0.275. The van der Waals surface area contributed by atoms with Crippen molar-refractivity contribution < 1.29 is 48.0 Å². The van der Waals surface area contributed by atoms with Crippen molar-refractivity contribution in [2.75, 3.05) is 4.90 Å². The molecule has 1 aliphatic heterocycles. The zero-order valence-corrected chi connectivity index (χ0v) is 19.3. The Morgan fingerprint density at radius 2 is 1.88 bits per heavy atom. The van der Waals surface area contributed by atoms with E-state index in [9.17, 15) is 0 Å². The number of hydrogen-bond acceptors (Lipinski definition) is 1. The van der Waals surface area contributed by atoms with Crippen molar-refractivity contribution >= 4 is 28.3 Å². The maximum Gasteiger partial charge on any atom is -1.00 e. The number of hydrogen-bond donors (Lipinski definition) is 0. The maximum absolute atomic E-state index is 2.63. The standard InChI is InChI=1S/C14H11IN.C5H5.2ClH.Zr/c1-10-7-11-9-14(15)16(13(11)8-10)12-5-3-2-4-6-12;1-2-4-5-3-1;;;/h2-8,14H,1H3;1-3H,4H2;2*1H;/q;;;;+2/p-2. The number of anilines is 1. The molecule has 0 aromatic heterocycles. The van der Waals surface area contributed by atoms with Crippen LogP contribution in [0.1, 0.15) is 13.3 Å². The predicted molar refractivity (Wildman–Crippen MR) is 97.4 cm³/mol. The topological polar surface area (TPSA) is 3.24 Å². The molecule has 0 saturated carbocycles. The first-order valence-electron chi connectivity index (χ1n) is 7.49. The maximum atomic E-state index is 2.63.